The largest absolute Gasteiger partial charge is 0.496 e. The van der Waals surface area contributed by atoms with Crippen molar-refractivity contribution >= 4 is 58.7 Å². The number of benzene rings is 3. The summed E-state index contributed by atoms with van der Waals surface area (Å²) in [6.45, 7) is 2.78. The number of aryl methyl sites for hydroxylation is 1. The fourth-order valence-electron chi connectivity index (χ4n) is 8.81. The first-order chi connectivity index (χ1) is 32.9. The fourth-order valence-corrected chi connectivity index (χ4v) is 8.81. The summed E-state index contributed by atoms with van der Waals surface area (Å²) in [4.78, 5) is 89.6. The predicted molar refractivity (Wildman–Crippen MR) is 250 cm³/mol. The van der Waals surface area contributed by atoms with Crippen LogP contribution in [0.25, 0.3) is 22.9 Å². The standard InChI is InChI=1S/C49H53FN10O8/c1-29-6-9-33(24-38(29)59-20-16-40(61)56-49(59)66)47(64)52-18-22-68-21-17-42(63)58-19-4-3-5-36-27-53-45(51)44-43(57-46(60(36)44)32-12-14-35(23-32)55-41(62)28-58)31-10-7-30(8-11-31)26-54-48(65)37-25-34(50)13-15-39(37)67-2/h3,5-11,13,15,24-25,27,32,35H,4,12,14,16-23,26,28H2,1-2H3,(H2,51,53)(H,52,64)(H,54,65)(H,55,62)(H,56,61,66)/b5-3+/t32-,35-/m1/s1. The van der Waals surface area contributed by atoms with Gasteiger partial charge in [-0.25, -0.2) is 19.2 Å². The topological polar surface area (TPSA) is 232 Å². The lowest BCUT2D eigenvalue weighted by atomic mass is 10.1. The first-order valence-electron chi connectivity index (χ1n) is 22.6. The molecule has 2 aromatic heterocycles. The predicted octanol–water partition coefficient (Wildman–Crippen LogP) is 4.65. The number of nitrogens with one attached hydrogen (secondary N) is 4. The number of carbonyl (C=O) groups is 6. The molecule has 3 aromatic carbocycles. The Kier molecular flexibility index (Phi) is 14.4. The molecule has 2 bridgehead atoms. The second-order valence-corrected chi connectivity index (χ2v) is 17.0. The van der Waals surface area contributed by atoms with E-state index < -0.39 is 17.8 Å². The van der Waals surface area contributed by atoms with Gasteiger partial charge in [0.2, 0.25) is 17.7 Å². The molecule has 1 saturated carbocycles. The smallest absolute Gasteiger partial charge is 0.328 e. The molecule has 8 rings (SSSR count). The molecule has 3 aliphatic rings. The molecule has 19 heteroatoms. The number of hydrogen-bond acceptors (Lipinski definition) is 11. The van der Waals surface area contributed by atoms with E-state index >= 15 is 0 Å². The number of nitrogens with two attached hydrogens (primary N) is 1. The first-order valence-corrected chi connectivity index (χ1v) is 22.6. The summed E-state index contributed by atoms with van der Waals surface area (Å²) in [5, 5.41) is 11.1. The van der Waals surface area contributed by atoms with Crippen LogP contribution >= 0.6 is 0 Å². The van der Waals surface area contributed by atoms with Crippen LogP contribution in [0.2, 0.25) is 0 Å². The number of imide groups is 1. The number of nitrogens with zero attached hydrogens (tertiary/aromatic N) is 5. The van der Waals surface area contributed by atoms with Crippen LogP contribution in [0.4, 0.5) is 20.7 Å². The first kappa shape index (κ1) is 46.8. The van der Waals surface area contributed by atoms with Gasteiger partial charge in [-0.2, -0.15) is 0 Å². The van der Waals surface area contributed by atoms with E-state index in [2.05, 4.69) is 26.3 Å². The highest BCUT2D eigenvalue weighted by atomic mass is 19.1. The quantitative estimate of drug-likeness (QED) is 0.102. The van der Waals surface area contributed by atoms with Gasteiger partial charge in [-0.05, 0) is 80.1 Å². The van der Waals surface area contributed by atoms with E-state index in [9.17, 15) is 33.2 Å². The van der Waals surface area contributed by atoms with Gasteiger partial charge in [-0.1, -0.05) is 36.4 Å². The van der Waals surface area contributed by atoms with Crippen LogP contribution in [-0.2, 0) is 25.7 Å². The van der Waals surface area contributed by atoms with Crippen LogP contribution in [0.5, 0.6) is 5.75 Å². The summed E-state index contributed by atoms with van der Waals surface area (Å²) in [6, 6.07) is 15.7. The van der Waals surface area contributed by atoms with E-state index in [0.29, 0.717) is 41.1 Å². The van der Waals surface area contributed by atoms with E-state index in [4.69, 9.17) is 20.2 Å². The van der Waals surface area contributed by atoms with Crippen molar-refractivity contribution in [1.29, 1.82) is 0 Å². The van der Waals surface area contributed by atoms with E-state index in [1.165, 1.54) is 29.0 Å². The van der Waals surface area contributed by atoms with Crippen molar-refractivity contribution in [3.05, 3.63) is 113 Å². The highest BCUT2D eigenvalue weighted by molar-refractivity contribution is 6.06. The molecule has 2 atom stereocenters. The van der Waals surface area contributed by atoms with Crippen LogP contribution in [0, 0.1) is 12.7 Å². The van der Waals surface area contributed by atoms with Crippen LogP contribution in [0.15, 0.2) is 72.9 Å². The van der Waals surface area contributed by atoms with E-state index in [1.54, 1.807) is 24.4 Å². The third kappa shape index (κ3) is 10.6. The number of hydrogen-bond donors (Lipinski definition) is 5. The maximum absolute atomic E-state index is 13.9. The van der Waals surface area contributed by atoms with Gasteiger partial charge in [0.1, 0.15) is 34.4 Å². The summed E-state index contributed by atoms with van der Waals surface area (Å²) in [5.41, 5.74) is 12.0. The average molecular weight is 929 g/mol. The minimum Gasteiger partial charge on any atom is -0.496 e. The number of urea groups is 1. The second kappa shape index (κ2) is 20.9. The maximum Gasteiger partial charge on any atom is 0.328 e. The summed E-state index contributed by atoms with van der Waals surface area (Å²) in [5.74, 6) is -0.865. The zero-order chi connectivity index (χ0) is 47.9. The molecular formula is C49H53FN10O8. The highest BCUT2D eigenvalue weighted by Gasteiger charge is 2.33. The number of halogens is 1. The Morgan fingerprint density at radius 1 is 0.956 bits per heavy atom. The van der Waals surface area contributed by atoms with Gasteiger partial charge in [-0.15, -0.1) is 0 Å². The maximum atomic E-state index is 13.9. The summed E-state index contributed by atoms with van der Waals surface area (Å²) < 4.78 is 26.9. The third-order valence-electron chi connectivity index (χ3n) is 12.3. The van der Waals surface area contributed by atoms with Crippen molar-refractivity contribution in [2.75, 3.05) is 57.1 Å². The molecular weight excluding hydrogens is 876 g/mol. The Morgan fingerprint density at radius 3 is 2.57 bits per heavy atom. The molecule has 4 heterocycles. The molecule has 2 aliphatic heterocycles. The lowest BCUT2D eigenvalue weighted by Crippen LogP contribution is -2.49. The third-order valence-corrected chi connectivity index (χ3v) is 12.3. The molecule has 0 radical (unpaired) electrons. The lowest BCUT2D eigenvalue weighted by molar-refractivity contribution is -0.137. The number of carbonyl (C=O) groups excluding carboxylic acids is 6. The van der Waals surface area contributed by atoms with Gasteiger partial charge in [0, 0.05) is 61.4 Å². The van der Waals surface area contributed by atoms with E-state index in [0.717, 1.165) is 47.1 Å². The van der Waals surface area contributed by atoms with E-state index in [1.807, 2.05) is 47.7 Å². The average Bonchev–Trinajstić information content (AvgIpc) is 3.97. The molecule has 5 aromatic rings. The van der Waals surface area contributed by atoms with Gasteiger partial charge in [-0.3, -0.25) is 38.6 Å². The monoisotopic (exact) mass is 928 g/mol. The Hall–Kier alpha value is -7.67. The number of anilines is 2. The number of ether oxygens (including phenoxy) is 2. The minimum absolute atomic E-state index is 0.0161. The van der Waals surface area contributed by atoms with Gasteiger partial charge >= 0.3 is 6.03 Å². The van der Waals surface area contributed by atoms with E-state index in [-0.39, 0.29) is 106 Å². The molecule has 18 nitrogen and oxygen atoms in total. The van der Waals surface area contributed by atoms with Gasteiger partial charge in [0.25, 0.3) is 11.8 Å². The molecule has 0 unspecified atom stereocenters. The van der Waals surface area contributed by atoms with Gasteiger partial charge < -0.3 is 36.1 Å². The van der Waals surface area contributed by atoms with Crippen molar-refractivity contribution in [3.63, 3.8) is 0 Å². The van der Waals surface area contributed by atoms with Crippen molar-refractivity contribution in [2.45, 2.75) is 64.0 Å². The van der Waals surface area contributed by atoms with Gasteiger partial charge in [0.15, 0.2) is 0 Å². The van der Waals surface area contributed by atoms with Crippen molar-refractivity contribution in [3.8, 4) is 17.0 Å². The second-order valence-electron chi connectivity index (χ2n) is 17.0. The zero-order valence-corrected chi connectivity index (χ0v) is 37.8. The number of nitrogen functional groups attached to an aromatic ring is 1. The summed E-state index contributed by atoms with van der Waals surface area (Å²) >= 11 is 0. The Balaban J connectivity index is 0.891. The lowest BCUT2D eigenvalue weighted by Gasteiger charge is -2.28. The molecule has 0 spiro atoms. The van der Waals surface area contributed by atoms with Gasteiger partial charge in [0.05, 0.1) is 50.7 Å². The zero-order valence-electron chi connectivity index (χ0n) is 37.8. The Labute approximate surface area is 391 Å². The summed E-state index contributed by atoms with van der Waals surface area (Å²) in [6.07, 6.45) is 8.30. The Bertz CT molecular complexity index is 2790. The number of imidazole rings is 1. The molecule has 1 aliphatic carbocycles. The van der Waals surface area contributed by atoms with Crippen LogP contribution in [0.1, 0.15) is 87.8 Å². The molecule has 6 N–H and O–H groups in total. The molecule has 2 fully saturated rings. The SMILES string of the molecule is COc1ccc(F)cc1C(=O)NCc1ccc(-c2nc3n4c(cnc(N)c24)/C=C/CCN(C(=O)CCOCCNC(=O)c2ccc(C)c(N4CCC(=O)NC4=O)c2)CC(=O)N[C@@H]2CC[C@@H]3C2)cc1. The number of aromatic nitrogens is 3. The number of fused-ring (bicyclic) bond motifs is 3. The minimum atomic E-state index is -0.544. The number of rotatable bonds is 13. The number of methoxy groups -OCH3 is 1. The Morgan fingerprint density at radius 2 is 1.78 bits per heavy atom. The highest BCUT2D eigenvalue weighted by Crippen LogP contribution is 2.39. The van der Waals surface area contributed by atoms with Crippen LogP contribution in [-0.4, -0.2) is 107 Å². The van der Waals surface area contributed by atoms with Crippen molar-refractivity contribution in [1.82, 2.24) is 40.5 Å². The molecule has 354 valence electrons. The molecule has 7 amide bonds. The summed E-state index contributed by atoms with van der Waals surface area (Å²) in [7, 11) is 1.42. The molecule has 1 saturated heterocycles. The fraction of sp³-hybridized carbons (Fsp3) is 0.347. The normalized spacial score (nSPS) is 17.8. The van der Waals surface area contributed by atoms with Crippen LogP contribution in [0.3, 0.4) is 0 Å². The van der Waals surface area contributed by atoms with Crippen molar-refractivity contribution < 1.29 is 42.6 Å². The number of amides is 7. The molecule has 68 heavy (non-hydrogen) atoms. The van der Waals surface area contributed by atoms with Crippen molar-refractivity contribution in [2.24, 2.45) is 0 Å². The van der Waals surface area contributed by atoms with Crippen LogP contribution < -0.4 is 36.6 Å².